The molecule has 1 unspecified atom stereocenters. The van der Waals surface area contributed by atoms with Crippen molar-refractivity contribution in [2.45, 2.75) is 31.6 Å². The van der Waals surface area contributed by atoms with Gasteiger partial charge in [-0.15, -0.1) is 0 Å². The molecule has 1 N–H and O–H groups in total. The predicted molar refractivity (Wildman–Crippen MR) is 125 cm³/mol. The molecule has 0 spiro atoms. The molecule has 3 rings (SSSR count). The van der Waals surface area contributed by atoms with E-state index in [4.69, 9.17) is 11.6 Å². The second-order valence-electron chi connectivity index (χ2n) is 7.70. The lowest BCUT2D eigenvalue weighted by molar-refractivity contribution is -0.120. The van der Waals surface area contributed by atoms with Gasteiger partial charge in [0.1, 0.15) is 0 Å². The van der Waals surface area contributed by atoms with Gasteiger partial charge in [-0.25, -0.2) is 8.42 Å². The number of carbonyl (C=O) groups excluding carboxylic acids is 2. The minimum atomic E-state index is -3.69. The molecule has 2 aromatic rings. The van der Waals surface area contributed by atoms with Gasteiger partial charge in [0.15, 0.2) is 0 Å². The molecule has 1 aliphatic heterocycles. The van der Waals surface area contributed by atoms with Crippen molar-refractivity contribution in [3.8, 4) is 0 Å². The Kier molecular flexibility index (Phi) is 7.92. The summed E-state index contributed by atoms with van der Waals surface area (Å²) in [6.45, 7) is 5.61. The Labute approximate surface area is 194 Å². The molecular weight excluding hydrogens is 450 g/mol. The number of hydrogen-bond donors (Lipinski definition) is 1. The van der Waals surface area contributed by atoms with E-state index in [0.29, 0.717) is 48.7 Å². The van der Waals surface area contributed by atoms with Gasteiger partial charge in [-0.2, -0.15) is 4.31 Å². The van der Waals surface area contributed by atoms with E-state index in [-0.39, 0.29) is 23.3 Å². The van der Waals surface area contributed by atoms with Gasteiger partial charge in [0.25, 0.3) is 5.91 Å². The van der Waals surface area contributed by atoms with Gasteiger partial charge in [-0.1, -0.05) is 11.6 Å². The van der Waals surface area contributed by atoms with Gasteiger partial charge in [-0.3, -0.25) is 9.59 Å². The molecule has 9 heteroatoms. The Bertz CT molecular complexity index is 1050. The van der Waals surface area contributed by atoms with Crippen molar-refractivity contribution in [1.29, 1.82) is 0 Å². The number of nitrogens with one attached hydrogen (secondary N) is 1. The van der Waals surface area contributed by atoms with Crippen LogP contribution < -0.4 is 5.32 Å². The van der Waals surface area contributed by atoms with Gasteiger partial charge in [-0.05, 0) is 75.2 Å². The fraction of sp³-hybridized carbons (Fsp3) is 0.391. The molecule has 1 heterocycles. The fourth-order valence-corrected chi connectivity index (χ4v) is 5.41. The normalized spacial score (nSPS) is 17.0. The highest BCUT2D eigenvalue weighted by Gasteiger charge is 2.33. The standard InChI is InChI=1S/C23H28ClN3O4S/c1-3-26(4-2)23(29)17-7-11-20(12-8-17)25-22(28)18-6-5-15-27(16-18)32(30,31)21-13-9-19(24)10-14-21/h7-14,18H,3-6,15-16H2,1-2H3,(H,25,28). The summed E-state index contributed by atoms with van der Waals surface area (Å²) >= 11 is 5.86. The number of hydrogen-bond acceptors (Lipinski definition) is 4. The molecule has 2 amide bonds. The van der Waals surface area contributed by atoms with Crippen LogP contribution in [0.25, 0.3) is 0 Å². The summed E-state index contributed by atoms with van der Waals surface area (Å²) in [4.78, 5) is 27.1. The highest BCUT2D eigenvalue weighted by atomic mass is 35.5. The van der Waals surface area contributed by atoms with Gasteiger partial charge in [0.05, 0.1) is 10.8 Å². The fourth-order valence-electron chi connectivity index (χ4n) is 3.76. The summed E-state index contributed by atoms with van der Waals surface area (Å²) in [5.41, 5.74) is 1.13. The van der Waals surface area contributed by atoms with Gasteiger partial charge < -0.3 is 10.2 Å². The lowest BCUT2D eigenvalue weighted by atomic mass is 9.98. The van der Waals surface area contributed by atoms with Crippen LogP contribution in [-0.4, -0.2) is 55.6 Å². The molecule has 0 radical (unpaired) electrons. The van der Waals surface area contributed by atoms with Crippen molar-refractivity contribution in [2.75, 3.05) is 31.5 Å². The van der Waals surface area contributed by atoms with Crippen LogP contribution in [0.3, 0.4) is 0 Å². The minimum Gasteiger partial charge on any atom is -0.339 e. The van der Waals surface area contributed by atoms with E-state index in [1.165, 1.54) is 28.6 Å². The van der Waals surface area contributed by atoms with Crippen LogP contribution in [0.2, 0.25) is 5.02 Å². The number of halogens is 1. The Morgan fingerprint density at radius 3 is 2.28 bits per heavy atom. The molecule has 0 aromatic heterocycles. The van der Waals surface area contributed by atoms with E-state index < -0.39 is 15.9 Å². The number of carbonyl (C=O) groups is 2. The van der Waals surface area contributed by atoms with Crippen LogP contribution in [0.15, 0.2) is 53.4 Å². The first-order valence-corrected chi connectivity index (χ1v) is 12.5. The van der Waals surface area contributed by atoms with Crippen molar-refractivity contribution in [1.82, 2.24) is 9.21 Å². The molecule has 32 heavy (non-hydrogen) atoms. The van der Waals surface area contributed by atoms with E-state index in [1.807, 2.05) is 13.8 Å². The molecule has 1 aliphatic rings. The SMILES string of the molecule is CCN(CC)C(=O)c1ccc(NC(=O)C2CCCN(S(=O)(=O)c3ccc(Cl)cc3)C2)cc1. The lowest BCUT2D eigenvalue weighted by Gasteiger charge is -2.31. The van der Waals surface area contributed by atoms with Crippen molar-refractivity contribution in [2.24, 2.45) is 5.92 Å². The Morgan fingerprint density at radius 2 is 1.69 bits per heavy atom. The third kappa shape index (κ3) is 5.49. The number of nitrogens with zero attached hydrogens (tertiary/aromatic N) is 2. The Morgan fingerprint density at radius 1 is 1.06 bits per heavy atom. The van der Waals surface area contributed by atoms with Crippen LogP contribution in [0, 0.1) is 5.92 Å². The number of piperidine rings is 1. The molecular formula is C23H28ClN3O4S. The van der Waals surface area contributed by atoms with Crippen molar-refractivity contribution in [3.63, 3.8) is 0 Å². The monoisotopic (exact) mass is 477 g/mol. The maximum absolute atomic E-state index is 12.9. The summed E-state index contributed by atoms with van der Waals surface area (Å²) in [7, 11) is -3.69. The highest BCUT2D eigenvalue weighted by Crippen LogP contribution is 2.25. The van der Waals surface area contributed by atoms with E-state index in [2.05, 4.69) is 5.32 Å². The lowest BCUT2D eigenvalue weighted by Crippen LogP contribution is -2.43. The molecule has 0 aliphatic carbocycles. The summed E-state index contributed by atoms with van der Waals surface area (Å²) in [5.74, 6) is -0.741. The summed E-state index contributed by atoms with van der Waals surface area (Å²) in [6, 6.07) is 12.8. The van der Waals surface area contributed by atoms with E-state index >= 15 is 0 Å². The van der Waals surface area contributed by atoms with Crippen LogP contribution in [-0.2, 0) is 14.8 Å². The molecule has 1 atom stereocenters. The molecule has 0 bridgehead atoms. The minimum absolute atomic E-state index is 0.0526. The first kappa shape index (κ1) is 24.2. The highest BCUT2D eigenvalue weighted by molar-refractivity contribution is 7.89. The summed E-state index contributed by atoms with van der Waals surface area (Å²) in [5, 5.41) is 3.31. The molecule has 0 saturated carbocycles. The van der Waals surface area contributed by atoms with Crippen LogP contribution in [0.5, 0.6) is 0 Å². The second kappa shape index (κ2) is 10.5. The number of anilines is 1. The topological polar surface area (TPSA) is 86.8 Å². The smallest absolute Gasteiger partial charge is 0.253 e. The molecule has 1 saturated heterocycles. The Balaban J connectivity index is 1.65. The molecule has 7 nitrogen and oxygen atoms in total. The van der Waals surface area contributed by atoms with Crippen LogP contribution >= 0.6 is 11.6 Å². The zero-order valence-corrected chi connectivity index (χ0v) is 19.8. The summed E-state index contributed by atoms with van der Waals surface area (Å²) < 4.78 is 27.2. The first-order chi connectivity index (χ1) is 15.3. The first-order valence-electron chi connectivity index (χ1n) is 10.7. The van der Waals surface area contributed by atoms with E-state index in [0.717, 1.165) is 0 Å². The quantitative estimate of drug-likeness (QED) is 0.656. The van der Waals surface area contributed by atoms with Gasteiger partial charge in [0.2, 0.25) is 15.9 Å². The number of benzene rings is 2. The predicted octanol–water partition coefficient (Wildman–Crippen LogP) is 3.86. The van der Waals surface area contributed by atoms with Crippen molar-refractivity contribution < 1.29 is 18.0 Å². The molecule has 1 fully saturated rings. The third-order valence-electron chi connectivity index (χ3n) is 5.66. The van der Waals surface area contributed by atoms with Gasteiger partial charge in [0, 0.05) is 42.5 Å². The number of amides is 2. The maximum atomic E-state index is 12.9. The zero-order chi connectivity index (χ0) is 23.3. The van der Waals surface area contributed by atoms with Gasteiger partial charge >= 0.3 is 0 Å². The third-order valence-corrected chi connectivity index (χ3v) is 7.79. The van der Waals surface area contributed by atoms with Crippen LogP contribution in [0.1, 0.15) is 37.0 Å². The van der Waals surface area contributed by atoms with E-state index in [9.17, 15) is 18.0 Å². The zero-order valence-electron chi connectivity index (χ0n) is 18.3. The largest absolute Gasteiger partial charge is 0.339 e. The summed E-state index contributed by atoms with van der Waals surface area (Å²) in [6.07, 6.45) is 1.21. The Hall–Kier alpha value is -2.42. The number of rotatable bonds is 7. The molecule has 172 valence electrons. The second-order valence-corrected chi connectivity index (χ2v) is 10.1. The molecule has 2 aromatic carbocycles. The van der Waals surface area contributed by atoms with Crippen molar-refractivity contribution in [3.05, 3.63) is 59.1 Å². The number of sulfonamides is 1. The van der Waals surface area contributed by atoms with Crippen LogP contribution in [0.4, 0.5) is 5.69 Å². The average molecular weight is 478 g/mol. The average Bonchev–Trinajstić information content (AvgIpc) is 2.80. The van der Waals surface area contributed by atoms with Crippen molar-refractivity contribution >= 4 is 39.1 Å². The van der Waals surface area contributed by atoms with E-state index in [1.54, 1.807) is 29.2 Å². The maximum Gasteiger partial charge on any atom is 0.253 e.